The van der Waals surface area contributed by atoms with E-state index in [0.29, 0.717) is 12.2 Å². The average Bonchev–Trinajstić information content (AvgIpc) is 2.72. The number of hydrogen-bond donors (Lipinski definition) is 1. The second kappa shape index (κ2) is 12.3. The third-order valence-corrected chi connectivity index (χ3v) is 4.33. The molecule has 154 valence electrons. The Morgan fingerprint density at radius 2 is 1.83 bits per heavy atom. The van der Waals surface area contributed by atoms with Gasteiger partial charge in [-0.05, 0) is 24.1 Å². The van der Waals surface area contributed by atoms with E-state index in [1.54, 1.807) is 18.3 Å². The maximum atomic E-state index is 12.0. The number of hydrazone groups is 1. The molecule has 2 rings (SSSR count). The predicted octanol–water partition coefficient (Wildman–Crippen LogP) is 4.64. The van der Waals surface area contributed by atoms with Crippen molar-refractivity contribution < 1.29 is 14.5 Å². The van der Waals surface area contributed by atoms with Gasteiger partial charge in [0.1, 0.15) is 5.75 Å². The summed E-state index contributed by atoms with van der Waals surface area (Å²) in [7, 11) is 0. The number of carbonyl (C=O) groups is 1. The Bertz CT molecular complexity index is 819. The fourth-order valence-electron chi connectivity index (χ4n) is 2.74. The van der Waals surface area contributed by atoms with Crippen molar-refractivity contribution in [3.05, 3.63) is 69.8 Å². The first kappa shape index (κ1) is 22.1. The van der Waals surface area contributed by atoms with Crippen LogP contribution in [0.25, 0.3) is 0 Å². The molecule has 0 heterocycles. The first-order valence-electron chi connectivity index (χ1n) is 9.87. The van der Waals surface area contributed by atoms with Crippen molar-refractivity contribution in [1.29, 1.82) is 0 Å². The Hall–Kier alpha value is -3.22. The molecule has 1 amide bonds. The van der Waals surface area contributed by atoms with E-state index in [-0.39, 0.29) is 18.0 Å². The van der Waals surface area contributed by atoms with Crippen molar-refractivity contribution in [1.82, 2.24) is 5.43 Å². The summed E-state index contributed by atoms with van der Waals surface area (Å²) < 4.78 is 5.84. The van der Waals surface area contributed by atoms with Crippen LogP contribution in [0.5, 0.6) is 5.75 Å². The third kappa shape index (κ3) is 8.13. The van der Waals surface area contributed by atoms with Gasteiger partial charge in [-0.1, -0.05) is 56.9 Å². The van der Waals surface area contributed by atoms with Crippen LogP contribution in [0, 0.1) is 10.1 Å². The minimum Gasteiger partial charge on any atom is -0.493 e. The van der Waals surface area contributed by atoms with E-state index in [9.17, 15) is 14.9 Å². The molecule has 2 aromatic carbocycles. The summed E-state index contributed by atoms with van der Waals surface area (Å²) in [6, 6.07) is 13.4. The van der Waals surface area contributed by atoms with Gasteiger partial charge in [0.05, 0.1) is 24.2 Å². The molecule has 0 aliphatic rings. The van der Waals surface area contributed by atoms with Gasteiger partial charge in [-0.3, -0.25) is 14.9 Å². The summed E-state index contributed by atoms with van der Waals surface area (Å²) in [4.78, 5) is 22.2. The summed E-state index contributed by atoms with van der Waals surface area (Å²) in [6.07, 6.45) is 7.51. The molecule has 2 aromatic rings. The lowest BCUT2D eigenvalue weighted by Gasteiger charge is -2.08. The predicted molar refractivity (Wildman–Crippen MR) is 113 cm³/mol. The highest BCUT2D eigenvalue weighted by Gasteiger charge is 2.07. The second-order valence-electron chi connectivity index (χ2n) is 6.69. The first-order valence-corrected chi connectivity index (χ1v) is 9.87. The summed E-state index contributed by atoms with van der Waals surface area (Å²) in [6.45, 7) is 2.85. The third-order valence-electron chi connectivity index (χ3n) is 4.33. The highest BCUT2D eigenvalue weighted by molar-refractivity contribution is 5.85. The van der Waals surface area contributed by atoms with Gasteiger partial charge >= 0.3 is 0 Å². The fraction of sp³-hybridized carbons (Fsp3) is 0.364. The standard InChI is InChI=1S/C22H27N3O4/c1-2-3-4-5-8-15-29-21-10-7-6-9-19(21)17-23-24-22(26)16-18-11-13-20(14-12-18)25(27)28/h6-7,9-14,17H,2-5,8,15-16H2,1H3,(H,24,26). The number of hydrogen-bond acceptors (Lipinski definition) is 5. The molecule has 0 atom stereocenters. The number of amides is 1. The second-order valence-corrected chi connectivity index (χ2v) is 6.69. The van der Waals surface area contributed by atoms with Gasteiger partial charge in [0.25, 0.3) is 5.69 Å². The lowest BCUT2D eigenvalue weighted by Crippen LogP contribution is -2.19. The Kier molecular flexibility index (Phi) is 9.35. The van der Waals surface area contributed by atoms with E-state index < -0.39 is 4.92 Å². The molecule has 0 aromatic heterocycles. The maximum Gasteiger partial charge on any atom is 0.269 e. The number of carbonyl (C=O) groups excluding carboxylic acids is 1. The molecule has 0 saturated heterocycles. The summed E-state index contributed by atoms with van der Waals surface area (Å²) >= 11 is 0. The number of para-hydroxylation sites is 1. The normalized spacial score (nSPS) is 10.8. The van der Waals surface area contributed by atoms with Gasteiger partial charge in [-0.25, -0.2) is 5.43 Å². The Balaban J connectivity index is 1.81. The zero-order valence-electron chi connectivity index (χ0n) is 16.7. The van der Waals surface area contributed by atoms with Crippen LogP contribution in [0.1, 0.15) is 50.2 Å². The molecule has 0 bridgehead atoms. The van der Waals surface area contributed by atoms with Crippen molar-refractivity contribution in [3.8, 4) is 5.75 Å². The van der Waals surface area contributed by atoms with E-state index in [2.05, 4.69) is 17.5 Å². The number of nitro benzene ring substituents is 1. The van der Waals surface area contributed by atoms with Crippen LogP contribution in [0.15, 0.2) is 53.6 Å². The number of non-ortho nitro benzene ring substituents is 1. The van der Waals surface area contributed by atoms with Crippen molar-refractivity contribution in [2.24, 2.45) is 5.10 Å². The molecule has 0 aliphatic carbocycles. The minimum atomic E-state index is -0.473. The van der Waals surface area contributed by atoms with Gasteiger partial charge in [-0.15, -0.1) is 0 Å². The smallest absolute Gasteiger partial charge is 0.269 e. The molecule has 0 fully saturated rings. The van der Waals surface area contributed by atoms with E-state index in [1.165, 1.54) is 31.4 Å². The lowest BCUT2D eigenvalue weighted by atomic mass is 10.1. The van der Waals surface area contributed by atoms with Gasteiger partial charge in [0.2, 0.25) is 5.91 Å². The van der Waals surface area contributed by atoms with E-state index in [4.69, 9.17) is 4.74 Å². The molecule has 0 aliphatic heterocycles. The molecule has 7 heteroatoms. The number of nitro groups is 1. The fourth-order valence-corrected chi connectivity index (χ4v) is 2.74. The Morgan fingerprint density at radius 1 is 1.10 bits per heavy atom. The van der Waals surface area contributed by atoms with Crippen LogP contribution in [0.4, 0.5) is 5.69 Å². The summed E-state index contributed by atoms with van der Waals surface area (Å²) in [5, 5.41) is 14.7. The molecule has 0 radical (unpaired) electrons. The van der Waals surface area contributed by atoms with Crippen LogP contribution in [-0.4, -0.2) is 23.7 Å². The largest absolute Gasteiger partial charge is 0.493 e. The van der Waals surface area contributed by atoms with Gasteiger partial charge < -0.3 is 4.74 Å². The monoisotopic (exact) mass is 397 g/mol. The van der Waals surface area contributed by atoms with Crippen LogP contribution >= 0.6 is 0 Å². The van der Waals surface area contributed by atoms with Gasteiger partial charge in [0.15, 0.2) is 0 Å². The van der Waals surface area contributed by atoms with Crippen molar-refractivity contribution in [3.63, 3.8) is 0 Å². The van der Waals surface area contributed by atoms with Crippen LogP contribution in [-0.2, 0) is 11.2 Å². The molecular formula is C22H27N3O4. The number of benzene rings is 2. The molecule has 0 spiro atoms. The number of unbranched alkanes of at least 4 members (excludes halogenated alkanes) is 4. The van der Waals surface area contributed by atoms with E-state index in [1.807, 2.05) is 24.3 Å². The van der Waals surface area contributed by atoms with Crippen LogP contribution < -0.4 is 10.2 Å². The van der Waals surface area contributed by atoms with Crippen LogP contribution in [0.3, 0.4) is 0 Å². The number of rotatable bonds is 12. The van der Waals surface area contributed by atoms with Gasteiger partial charge in [-0.2, -0.15) is 5.10 Å². The number of nitrogens with one attached hydrogen (secondary N) is 1. The topological polar surface area (TPSA) is 93.8 Å². The highest BCUT2D eigenvalue weighted by atomic mass is 16.6. The first-order chi connectivity index (χ1) is 14.1. The van der Waals surface area contributed by atoms with Crippen LogP contribution in [0.2, 0.25) is 0 Å². The molecule has 7 nitrogen and oxygen atoms in total. The minimum absolute atomic E-state index is 0.00542. The van der Waals surface area contributed by atoms with Crippen molar-refractivity contribution >= 4 is 17.8 Å². The van der Waals surface area contributed by atoms with Gasteiger partial charge in [0, 0.05) is 17.7 Å². The summed E-state index contributed by atoms with van der Waals surface area (Å²) in [5.74, 6) is 0.431. The van der Waals surface area contributed by atoms with E-state index in [0.717, 1.165) is 24.2 Å². The zero-order valence-corrected chi connectivity index (χ0v) is 16.7. The molecular weight excluding hydrogens is 370 g/mol. The van der Waals surface area contributed by atoms with Crippen molar-refractivity contribution in [2.45, 2.75) is 45.4 Å². The number of nitrogens with zero attached hydrogens (tertiary/aromatic N) is 2. The lowest BCUT2D eigenvalue weighted by molar-refractivity contribution is -0.384. The molecule has 29 heavy (non-hydrogen) atoms. The molecule has 0 unspecified atom stereocenters. The summed E-state index contributed by atoms with van der Waals surface area (Å²) in [5.41, 5.74) is 3.93. The molecule has 0 saturated carbocycles. The Labute approximate surface area is 170 Å². The van der Waals surface area contributed by atoms with Crippen molar-refractivity contribution in [2.75, 3.05) is 6.61 Å². The SMILES string of the molecule is CCCCCCCOc1ccccc1C=NNC(=O)Cc1ccc([N+](=O)[O-])cc1. The zero-order chi connectivity index (χ0) is 20.9. The highest BCUT2D eigenvalue weighted by Crippen LogP contribution is 2.17. The Morgan fingerprint density at radius 3 is 2.55 bits per heavy atom. The molecule has 1 N–H and O–H groups in total. The quantitative estimate of drug-likeness (QED) is 0.244. The number of ether oxygens (including phenoxy) is 1. The maximum absolute atomic E-state index is 12.0. The average molecular weight is 397 g/mol. The van der Waals surface area contributed by atoms with E-state index >= 15 is 0 Å².